The first-order chi connectivity index (χ1) is 10.4. The Labute approximate surface area is 130 Å². The van der Waals surface area contributed by atoms with Gasteiger partial charge in [0.05, 0.1) is 7.11 Å². The van der Waals surface area contributed by atoms with Gasteiger partial charge >= 0.3 is 5.97 Å². The van der Waals surface area contributed by atoms with Crippen molar-refractivity contribution in [3.8, 4) is 0 Å². The van der Waals surface area contributed by atoms with Crippen LogP contribution in [0.2, 0.25) is 0 Å². The highest BCUT2D eigenvalue weighted by atomic mass is 16.5. The van der Waals surface area contributed by atoms with Crippen molar-refractivity contribution < 1.29 is 14.3 Å². The number of aryl methyl sites for hydroxylation is 1. The summed E-state index contributed by atoms with van der Waals surface area (Å²) in [7, 11) is 3.29. The zero-order chi connectivity index (χ0) is 16.3. The predicted octanol–water partition coefficient (Wildman–Crippen LogP) is 2.50. The first-order valence-corrected chi connectivity index (χ1v) is 7.36. The molecular weight excluding hydrogens is 280 g/mol. The molecule has 2 rings (SSSR count). The van der Waals surface area contributed by atoms with Crippen LogP contribution in [0.3, 0.4) is 0 Å². The van der Waals surface area contributed by atoms with E-state index in [-0.39, 0.29) is 11.8 Å². The van der Waals surface area contributed by atoms with Crippen molar-refractivity contribution in [3.63, 3.8) is 0 Å². The van der Waals surface area contributed by atoms with Crippen molar-refractivity contribution in [2.75, 3.05) is 7.11 Å². The van der Waals surface area contributed by atoms with Gasteiger partial charge in [-0.25, -0.2) is 4.79 Å². The Morgan fingerprint density at radius 2 is 2.00 bits per heavy atom. The van der Waals surface area contributed by atoms with Gasteiger partial charge in [-0.2, -0.15) is 0 Å². The second-order valence-corrected chi connectivity index (χ2v) is 5.88. The Bertz CT molecular complexity index is 688. The number of fused-ring (bicyclic) bond motifs is 1. The van der Waals surface area contributed by atoms with Crippen molar-refractivity contribution in [2.45, 2.75) is 26.3 Å². The molecule has 5 heteroatoms. The topological polar surface area (TPSA) is 60.3 Å². The maximum absolute atomic E-state index is 12.4. The third-order valence-corrected chi connectivity index (χ3v) is 3.65. The minimum atomic E-state index is -0.621. The van der Waals surface area contributed by atoms with E-state index < -0.39 is 12.0 Å². The summed E-state index contributed by atoms with van der Waals surface area (Å²) < 4.78 is 6.76. The van der Waals surface area contributed by atoms with E-state index in [4.69, 9.17) is 4.74 Å². The number of hydrogen-bond acceptors (Lipinski definition) is 3. The minimum absolute atomic E-state index is 0.262. The van der Waals surface area contributed by atoms with E-state index in [0.717, 1.165) is 10.9 Å². The molecule has 0 aliphatic carbocycles. The summed E-state index contributed by atoms with van der Waals surface area (Å²) in [6.07, 6.45) is 2.49. The Balaban J connectivity index is 2.18. The molecular formula is C17H22N2O3. The number of nitrogens with one attached hydrogen (secondary N) is 1. The molecule has 0 saturated carbocycles. The van der Waals surface area contributed by atoms with Crippen LogP contribution in [0, 0.1) is 5.92 Å². The SMILES string of the molecule is COC(=O)[C@H](CC(C)C)NC(=O)c1ccc2c(ccn2C)c1. The zero-order valence-corrected chi connectivity index (χ0v) is 13.4. The van der Waals surface area contributed by atoms with Gasteiger partial charge in [0.2, 0.25) is 0 Å². The number of nitrogens with zero attached hydrogens (tertiary/aromatic N) is 1. The van der Waals surface area contributed by atoms with Crippen molar-refractivity contribution in [1.29, 1.82) is 0 Å². The van der Waals surface area contributed by atoms with Crippen LogP contribution in [0.15, 0.2) is 30.5 Å². The zero-order valence-electron chi connectivity index (χ0n) is 13.4. The lowest BCUT2D eigenvalue weighted by Crippen LogP contribution is -2.42. The van der Waals surface area contributed by atoms with Gasteiger partial charge in [0.15, 0.2) is 0 Å². The molecule has 0 fully saturated rings. The lowest BCUT2D eigenvalue weighted by Gasteiger charge is -2.18. The summed E-state index contributed by atoms with van der Waals surface area (Å²) in [5.74, 6) is -0.398. The van der Waals surface area contributed by atoms with Gasteiger partial charge in [0.1, 0.15) is 6.04 Å². The number of esters is 1. The lowest BCUT2D eigenvalue weighted by molar-refractivity contribution is -0.143. The molecule has 1 aromatic carbocycles. The average molecular weight is 302 g/mol. The van der Waals surface area contributed by atoms with Gasteiger partial charge in [-0.05, 0) is 36.6 Å². The molecule has 5 nitrogen and oxygen atoms in total. The molecule has 1 aromatic heterocycles. The van der Waals surface area contributed by atoms with Crippen LogP contribution in [0.5, 0.6) is 0 Å². The van der Waals surface area contributed by atoms with Crippen molar-refractivity contribution in [2.24, 2.45) is 13.0 Å². The molecule has 1 N–H and O–H groups in total. The second-order valence-electron chi connectivity index (χ2n) is 5.88. The fraction of sp³-hybridized carbons (Fsp3) is 0.412. The monoisotopic (exact) mass is 302 g/mol. The third-order valence-electron chi connectivity index (χ3n) is 3.65. The third kappa shape index (κ3) is 3.47. The largest absolute Gasteiger partial charge is 0.467 e. The molecule has 118 valence electrons. The highest BCUT2D eigenvalue weighted by Crippen LogP contribution is 2.17. The van der Waals surface area contributed by atoms with E-state index >= 15 is 0 Å². The molecule has 1 atom stereocenters. The fourth-order valence-corrected chi connectivity index (χ4v) is 2.49. The van der Waals surface area contributed by atoms with E-state index in [1.807, 2.05) is 49.9 Å². The van der Waals surface area contributed by atoms with Gasteiger partial charge < -0.3 is 14.6 Å². The van der Waals surface area contributed by atoms with E-state index in [1.165, 1.54) is 7.11 Å². The second kappa shape index (κ2) is 6.64. The molecule has 0 aliphatic heterocycles. The first kappa shape index (κ1) is 16.1. The van der Waals surface area contributed by atoms with Crippen LogP contribution in [0.1, 0.15) is 30.6 Å². The molecule has 0 saturated heterocycles. The van der Waals surface area contributed by atoms with Gasteiger partial charge in [0, 0.05) is 29.7 Å². The summed E-state index contributed by atoms with van der Waals surface area (Å²) in [6, 6.07) is 6.83. The van der Waals surface area contributed by atoms with E-state index in [9.17, 15) is 9.59 Å². The fourth-order valence-electron chi connectivity index (χ4n) is 2.49. The maximum Gasteiger partial charge on any atom is 0.328 e. The Kier molecular flexibility index (Phi) is 4.85. The summed E-state index contributed by atoms with van der Waals surface area (Å²) in [5, 5.41) is 3.76. The van der Waals surface area contributed by atoms with Crippen LogP contribution >= 0.6 is 0 Å². The number of amides is 1. The number of benzene rings is 1. The normalized spacial score (nSPS) is 12.4. The molecule has 1 amide bonds. The molecule has 0 aliphatic rings. The Morgan fingerprint density at radius 3 is 2.64 bits per heavy atom. The number of rotatable bonds is 5. The van der Waals surface area contributed by atoms with Crippen molar-refractivity contribution in [3.05, 3.63) is 36.0 Å². The lowest BCUT2D eigenvalue weighted by atomic mass is 10.0. The number of ether oxygens (including phenoxy) is 1. The maximum atomic E-state index is 12.4. The molecule has 22 heavy (non-hydrogen) atoms. The van der Waals surface area contributed by atoms with Crippen LogP contribution < -0.4 is 5.32 Å². The molecule has 1 heterocycles. The minimum Gasteiger partial charge on any atom is -0.467 e. The van der Waals surface area contributed by atoms with Gasteiger partial charge in [0.25, 0.3) is 5.91 Å². The highest BCUT2D eigenvalue weighted by Gasteiger charge is 2.23. The van der Waals surface area contributed by atoms with Crippen LogP contribution in [0.4, 0.5) is 0 Å². The van der Waals surface area contributed by atoms with E-state index in [2.05, 4.69) is 5.32 Å². The van der Waals surface area contributed by atoms with Crippen LogP contribution in [-0.4, -0.2) is 29.6 Å². The molecule has 2 aromatic rings. The summed E-state index contributed by atoms with van der Waals surface area (Å²) in [6.45, 7) is 4.00. The first-order valence-electron chi connectivity index (χ1n) is 7.36. The Hall–Kier alpha value is -2.30. The smallest absolute Gasteiger partial charge is 0.328 e. The standard InChI is InChI=1S/C17H22N2O3/c1-11(2)9-14(17(21)22-4)18-16(20)13-5-6-15-12(10-13)7-8-19(15)3/h5-8,10-11,14H,9H2,1-4H3,(H,18,20)/t14-/m0/s1. The Morgan fingerprint density at radius 1 is 1.27 bits per heavy atom. The molecule has 0 bridgehead atoms. The number of hydrogen-bond donors (Lipinski definition) is 1. The van der Waals surface area contributed by atoms with Gasteiger partial charge in [-0.1, -0.05) is 13.8 Å². The number of aromatic nitrogens is 1. The summed E-state index contributed by atoms with van der Waals surface area (Å²) in [5.41, 5.74) is 1.60. The summed E-state index contributed by atoms with van der Waals surface area (Å²) in [4.78, 5) is 24.2. The summed E-state index contributed by atoms with van der Waals surface area (Å²) >= 11 is 0. The van der Waals surface area contributed by atoms with E-state index in [0.29, 0.717) is 12.0 Å². The molecule has 0 unspecified atom stereocenters. The van der Waals surface area contributed by atoms with Crippen molar-refractivity contribution in [1.82, 2.24) is 9.88 Å². The number of carbonyl (C=O) groups is 2. The number of methoxy groups -OCH3 is 1. The van der Waals surface area contributed by atoms with Crippen LogP contribution in [0.25, 0.3) is 10.9 Å². The predicted molar refractivity (Wildman–Crippen MR) is 85.6 cm³/mol. The molecule has 0 radical (unpaired) electrons. The molecule has 0 spiro atoms. The average Bonchev–Trinajstić information content (AvgIpc) is 2.86. The highest BCUT2D eigenvalue weighted by molar-refractivity contribution is 5.99. The quantitative estimate of drug-likeness (QED) is 0.863. The van der Waals surface area contributed by atoms with Gasteiger partial charge in [-0.15, -0.1) is 0 Å². The van der Waals surface area contributed by atoms with E-state index in [1.54, 1.807) is 6.07 Å². The van der Waals surface area contributed by atoms with Crippen LogP contribution in [-0.2, 0) is 16.6 Å². The number of carbonyl (C=O) groups excluding carboxylic acids is 2. The van der Waals surface area contributed by atoms with Gasteiger partial charge in [-0.3, -0.25) is 4.79 Å². The van der Waals surface area contributed by atoms with Crippen molar-refractivity contribution >= 4 is 22.8 Å².